The van der Waals surface area contributed by atoms with E-state index in [2.05, 4.69) is 30.2 Å². The highest BCUT2D eigenvalue weighted by Crippen LogP contribution is 2.22. The Bertz CT molecular complexity index is 232. The van der Waals surface area contributed by atoms with E-state index >= 15 is 0 Å². The molecule has 0 aromatic carbocycles. The summed E-state index contributed by atoms with van der Waals surface area (Å²) in [4.78, 5) is 21.1. The zero-order valence-electron chi connectivity index (χ0n) is 7.59. The van der Waals surface area contributed by atoms with Crippen LogP contribution in [0.25, 0.3) is 0 Å². The molecule has 1 rings (SSSR count). The molecule has 0 aliphatic carbocycles. The third kappa shape index (κ3) is 2.37. The first kappa shape index (κ1) is 10.4. The number of nitrogens with one attached hydrogen (secondary N) is 2. The van der Waals surface area contributed by atoms with Gasteiger partial charge in [-0.05, 0) is 12.8 Å². The third-order valence-electron chi connectivity index (χ3n) is 2.07. The minimum Gasteiger partial charge on any atom is -0.315 e. The van der Waals surface area contributed by atoms with Gasteiger partial charge in [0.15, 0.2) is 4.87 Å². The second-order valence-corrected chi connectivity index (χ2v) is 3.99. The van der Waals surface area contributed by atoms with E-state index in [0.717, 1.165) is 19.3 Å². The molecule has 5 heteroatoms. The van der Waals surface area contributed by atoms with Crippen LogP contribution in [0.5, 0.6) is 0 Å². The lowest BCUT2D eigenvalue weighted by Crippen LogP contribution is -2.40. The van der Waals surface area contributed by atoms with Gasteiger partial charge in [-0.25, -0.2) is 4.79 Å². The summed E-state index contributed by atoms with van der Waals surface area (Å²) >= 11 is 4.16. The molecular weight excluding hydrogens is 188 g/mol. The number of unbranched alkanes of at least 4 members (excludes halogenated alkanes) is 2. The fourth-order valence-corrected chi connectivity index (χ4v) is 1.60. The van der Waals surface area contributed by atoms with Gasteiger partial charge < -0.3 is 5.32 Å². The molecule has 0 aromatic rings. The van der Waals surface area contributed by atoms with Crippen LogP contribution in [0.1, 0.15) is 32.6 Å². The van der Waals surface area contributed by atoms with Gasteiger partial charge in [0, 0.05) is 0 Å². The molecular formula is C8H14N2O2S. The Balaban J connectivity index is 2.46. The van der Waals surface area contributed by atoms with Crippen molar-refractivity contribution < 1.29 is 9.59 Å². The van der Waals surface area contributed by atoms with Crippen LogP contribution in [0.15, 0.2) is 0 Å². The first-order valence-electron chi connectivity index (χ1n) is 4.44. The summed E-state index contributed by atoms with van der Waals surface area (Å²) in [6, 6.07) is -0.448. The molecule has 2 N–H and O–H groups in total. The Labute approximate surface area is 82.9 Å². The molecule has 4 nitrogen and oxygen atoms in total. The summed E-state index contributed by atoms with van der Waals surface area (Å²) in [5.74, 6) is -0.336. The van der Waals surface area contributed by atoms with E-state index in [1.807, 2.05) is 0 Å². The van der Waals surface area contributed by atoms with Crippen LogP contribution in [0.2, 0.25) is 0 Å². The number of imide groups is 1. The van der Waals surface area contributed by atoms with Gasteiger partial charge in [-0.3, -0.25) is 10.1 Å². The number of hydrogen-bond donors (Lipinski definition) is 3. The van der Waals surface area contributed by atoms with Crippen molar-refractivity contribution in [1.29, 1.82) is 0 Å². The second kappa shape index (κ2) is 4.00. The molecule has 1 fully saturated rings. The highest BCUT2D eigenvalue weighted by molar-refractivity contribution is 7.82. The van der Waals surface area contributed by atoms with Crippen molar-refractivity contribution >= 4 is 24.6 Å². The van der Waals surface area contributed by atoms with Crippen molar-refractivity contribution in [2.24, 2.45) is 0 Å². The number of rotatable bonds is 4. The number of amides is 3. The van der Waals surface area contributed by atoms with Crippen molar-refractivity contribution in [3.63, 3.8) is 0 Å². The predicted molar refractivity (Wildman–Crippen MR) is 52.5 cm³/mol. The maximum Gasteiger partial charge on any atom is 0.323 e. The minimum absolute atomic E-state index is 0.336. The van der Waals surface area contributed by atoms with Crippen molar-refractivity contribution in [2.75, 3.05) is 0 Å². The standard InChI is InChI=1S/C8H14N2O2S/c1-2-3-4-5-8(13)6(11)9-7(12)10-8/h13H,2-5H2,1H3,(H2,9,10,11,12). The van der Waals surface area contributed by atoms with E-state index in [1.54, 1.807) is 0 Å². The highest BCUT2D eigenvalue weighted by atomic mass is 32.1. The number of carbonyl (C=O) groups excluding carboxylic acids is 2. The quantitative estimate of drug-likeness (QED) is 0.362. The topological polar surface area (TPSA) is 58.2 Å². The molecule has 1 saturated heterocycles. The van der Waals surface area contributed by atoms with E-state index in [1.165, 1.54) is 0 Å². The van der Waals surface area contributed by atoms with Gasteiger partial charge in [0.1, 0.15) is 0 Å². The molecule has 0 bridgehead atoms. The first-order valence-corrected chi connectivity index (χ1v) is 4.89. The SMILES string of the molecule is CCCCCC1(S)NC(=O)NC1=O. The van der Waals surface area contributed by atoms with Crippen LogP contribution in [0, 0.1) is 0 Å². The molecule has 1 atom stereocenters. The average Bonchev–Trinajstić information content (AvgIpc) is 2.27. The summed E-state index contributed by atoms with van der Waals surface area (Å²) in [5.41, 5.74) is 0. The molecule has 0 aromatic heterocycles. The van der Waals surface area contributed by atoms with Gasteiger partial charge in [-0.15, -0.1) is 12.6 Å². The summed E-state index contributed by atoms with van der Waals surface area (Å²) in [6.45, 7) is 2.08. The first-order chi connectivity index (χ1) is 6.08. The van der Waals surface area contributed by atoms with Gasteiger partial charge in [-0.2, -0.15) is 0 Å². The summed E-state index contributed by atoms with van der Waals surface area (Å²) in [6.07, 6.45) is 3.61. The third-order valence-corrected chi connectivity index (χ3v) is 2.60. The largest absolute Gasteiger partial charge is 0.323 e. The Kier molecular flexibility index (Phi) is 3.19. The van der Waals surface area contributed by atoms with E-state index in [0.29, 0.717) is 6.42 Å². The molecule has 0 spiro atoms. The minimum atomic E-state index is -0.980. The molecule has 13 heavy (non-hydrogen) atoms. The van der Waals surface area contributed by atoms with Gasteiger partial charge in [0.05, 0.1) is 0 Å². The average molecular weight is 202 g/mol. The molecule has 1 aliphatic heterocycles. The lowest BCUT2D eigenvalue weighted by atomic mass is 10.1. The number of hydrogen-bond acceptors (Lipinski definition) is 3. The Hall–Kier alpha value is -0.710. The zero-order chi connectivity index (χ0) is 9.90. The predicted octanol–water partition coefficient (Wildman–Crippen LogP) is 1.03. The van der Waals surface area contributed by atoms with E-state index < -0.39 is 10.9 Å². The van der Waals surface area contributed by atoms with Crippen LogP contribution >= 0.6 is 12.6 Å². The smallest absolute Gasteiger partial charge is 0.315 e. The van der Waals surface area contributed by atoms with Crippen LogP contribution in [0.3, 0.4) is 0 Å². The summed E-state index contributed by atoms with van der Waals surface area (Å²) in [7, 11) is 0. The number of thiol groups is 1. The number of urea groups is 1. The van der Waals surface area contributed by atoms with Crippen LogP contribution in [0.4, 0.5) is 4.79 Å². The lowest BCUT2D eigenvalue weighted by molar-refractivity contribution is -0.121. The Morgan fingerprint density at radius 1 is 1.38 bits per heavy atom. The maximum atomic E-state index is 11.2. The molecule has 0 saturated carbocycles. The summed E-state index contributed by atoms with van der Waals surface area (Å²) < 4.78 is 0. The van der Waals surface area contributed by atoms with Gasteiger partial charge in [0.2, 0.25) is 0 Å². The van der Waals surface area contributed by atoms with Gasteiger partial charge in [0.25, 0.3) is 5.91 Å². The van der Waals surface area contributed by atoms with Crippen LogP contribution in [-0.4, -0.2) is 16.8 Å². The van der Waals surface area contributed by atoms with Crippen LogP contribution < -0.4 is 10.6 Å². The maximum absolute atomic E-state index is 11.2. The zero-order valence-corrected chi connectivity index (χ0v) is 8.49. The fraction of sp³-hybridized carbons (Fsp3) is 0.750. The fourth-order valence-electron chi connectivity index (χ4n) is 1.29. The van der Waals surface area contributed by atoms with E-state index in [-0.39, 0.29) is 5.91 Å². The Morgan fingerprint density at radius 3 is 2.54 bits per heavy atom. The molecule has 1 unspecified atom stereocenters. The molecule has 74 valence electrons. The van der Waals surface area contributed by atoms with E-state index in [9.17, 15) is 9.59 Å². The van der Waals surface area contributed by atoms with Crippen molar-refractivity contribution in [2.45, 2.75) is 37.5 Å². The lowest BCUT2D eigenvalue weighted by Gasteiger charge is -2.18. The summed E-state index contributed by atoms with van der Waals surface area (Å²) in [5, 5.41) is 4.67. The van der Waals surface area contributed by atoms with Crippen LogP contribution in [-0.2, 0) is 4.79 Å². The molecule has 0 radical (unpaired) electrons. The van der Waals surface area contributed by atoms with Crippen molar-refractivity contribution in [3.05, 3.63) is 0 Å². The van der Waals surface area contributed by atoms with Crippen molar-refractivity contribution in [1.82, 2.24) is 10.6 Å². The van der Waals surface area contributed by atoms with Crippen molar-refractivity contribution in [3.8, 4) is 0 Å². The highest BCUT2D eigenvalue weighted by Gasteiger charge is 2.42. The molecule has 3 amide bonds. The van der Waals surface area contributed by atoms with E-state index in [4.69, 9.17) is 0 Å². The molecule has 1 heterocycles. The van der Waals surface area contributed by atoms with Gasteiger partial charge in [-0.1, -0.05) is 19.8 Å². The Morgan fingerprint density at radius 2 is 2.08 bits per heavy atom. The molecule has 1 aliphatic rings. The number of carbonyl (C=O) groups is 2. The van der Waals surface area contributed by atoms with Gasteiger partial charge >= 0.3 is 6.03 Å². The second-order valence-electron chi connectivity index (χ2n) is 3.23. The monoisotopic (exact) mass is 202 g/mol. The normalized spacial score (nSPS) is 27.2.